The Kier molecular flexibility index (Phi) is 12.2. The van der Waals surface area contributed by atoms with Crippen LogP contribution in [0.2, 0.25) is 0 Å². The van der Waals surface area contributed by atoms with Crippen LogP contribution in [0.15, 0.2) is 30.3 Å². The number of primary amides is 1. The second-order valence-corrected chi connectivity index (χ2v) is 8.59. The van der Waals surface area contributed by atoms with Gasteiger partial charge in [0.05, 0.1) is 25.5 Å². The lowest BCUT2D eigenvalue weighted by Gasteiger charge is -2.42. The van der Waals surface area contributed by atoms with Crippen LogP contribution in [0.5, 0.6) is 0 Å². The number of benzene rings is 1. The molecule has 14 nitrogen and oxygen atoms in total. The van der Waals surface area contributed by atoms with Crippen LogP contribution in [0.4, 0.5) is 0 Å². The van der Waals surface area contributed by atoms with Crippen LogP contribution >= 0.6 is 12.6 Å². The van der Waals surface area contributed by atoms with Crippen LogP contribution < -0.4 is 27.4 Å². The number of nitrogens with one attached hydrogen (secondary N) is 3. The first kappa shape index (κ1) is 30.4. The zero-order valence-electron chi connectivity index (χ0n) is 19.9. The molecule has 3 unspecified atom stereocenters. The van der Waals surface area contributed by atoms with Crippen molar-refractivity contribution in [2.24, 2.45) is 11.5 Å². The minimum Gasteiger partial charge on any atom is -0.394 e. The molecule has 0 spiro atoms. The number of hydrogen-bond donors (Lipinski definition) is 9. The summed E-state index contributed by atoms with van der Waals surface area (Å²) in [6.07, 6.45) is -5.77. The molecule has 1 aliphatic heterocycles. The van der Waals surface area contributed by atoms with E-state index in [0.717, 1.165) is 5.56 Å². The quantitative estimate of drug-likeness (QED) is 0.108. The molecule has 2 rings (SSSR count). The summed E-state index contributed by atoms with van der Waals surface area (Å²) in [5.74, 6) is -3.21. The van der Waals surface area contributed by atoms with Crippen LogP contribution in [0, 0.1) is 0 Å². The van der Waals surface area contributed by atoms with Crippen molar-refractivity contribution in [3.05, 3.63) is 35.9 Å². The van der Waals surface area contributed by atoms with Crippen LogP contribution in [0.3, 0.4) is 0 Å². The predicted molar refractivity (Wildman–Crippen MR) is 132 cm³/mol. The highest BCUT2D eigenvalue weighted by atomic mass is 32.1. The Labute approximate surface area is 218 Å². The number of aliphatic hydroxyl groups is 3. The van der Waals surface area contributed by atoms with Crippen molar-refractivity contribution < 1.29 is 44.0 Å². The largest absolute Gasteiger partial charge is 0.394 e. The Morgan fingerprint density at radius 3 is 2.30 bits per heavy atom. The van der Waals surface area contributed by atoms with Gasteiger partial charge in [-0.05, 0) is 5.56 Å². The third-order valence-electron chi connectivity index (χ3n) is 5.56. The summed E-state index contributed by atoms with van der Waals surface area (Å²) in [5, 5.41) is 37.3. The van der Waals surface area contributed by atoms with E-state index in [9.17, 15) is 34.5 Å². The van der Waals surface area contributed by atoms with Crippen LogP contribution in [-0.2, 0) is 35.1 Å². The molecule has 1 fully saturated rings. The van der Waals surface area contributed by atoms with Crippen LogP contribution in [-0.4, -0.2) is 107 Å². The summed E-state index contributed by atoms with van der Waals surface area (Å²) >= 11 is 3.85. The predicted octanol–water partition coefficient (Wildman–Crippen LogP) is -4.49. The lowest BCUT2D eigenvalue weighted by atomic mass is 9.97. The molecule has 1 heterocycles. The SMILES string of the molecule is NCC(=O)N[C@@H](COC1OC(CO)[C@@H](O)C(O)[C@@H]1NC(=O)CS)C(=O)N[C@@H](Cc1ccccc1)C(N)=O. The first-order valence-electron chi connectivity index (χ1n) is 11.4. The molecular formula is C22H33N5O9S. The van der Waals surface area contributed by atoms with Crippen molar-refractivity contribution >= 4 is 36.3 Å². The van der Waals surface area contributed by atoms with Gasteiger partial charge in [0.2, 0.25) is 23.6 Å². The van der Waals surface area contributed by atoms with Gasteiger partial charge in [-0.25, -0.2) is 0 Å². The average Bonchev–Trinajstić information content (AvgIpc) is 2.89. The topological polar surface area (TPSA) is 236 Å². The van der Waals surface area contributed by atoms with Crippen molar-refractivity contribution in [1.29, 1.82) is 0 Å². The van der Waals surface area contributed by atoms with Gasteiger partial charge < -0.3 is 52.2 Å². The molecule has 0 aromatic heterocycles. The molecule has 10 N–H and O–H groups in total. The number of carbonyl (C=O) groups excluding carboxylic acids is 4. The molecule has 0 saturated carbocycles. The molecule has 37 heavy (non-hydrogen) atoms. The second-order valence-electron chi connectivity index (χ2n) is 8.27. The zero-order valence-corrected chi connectivity index (χ0v) is 20.8. The number of nitrogens with two attached hydrogens (primary N) is 2. The average molecular weight is 544 g/mol. The number of carbonyl (C=O) groups is 4. The number of aliphatic hydroxyl groups excluding tert-OH is 3. The fourth-order valence-corrected chi connectivity index (χ4v) is 3.67. The van der Waals surface area contributed by atoms with Crippen LogP contribution in [0.25, 0.3) is 0 Å². The molecule has 0 radical (unpaired) electrons. The van der Waals surface area contributed by atoms with E-state index in [2.05, 4.69) is 28.6 Å². The number of ether oxygens (including phenoxy) is 2. The molecule has 0 bridgehead atoms. The van der Waals surface area contributed by atoms with E-state index in [0.29, 0.717) is 0 Å². The molecule has 4 amide bonds. The van der Waals surface area contributed by atoms with E-state index in [1.165, 1.54) is 0 Å². The van der Waals surface area contributed by atoms with Gasteiger partial charge in [-0.1, -0.05) is 30.3 Å². The highest BCUT2D eigenvalue weighted by molar-refractivity contribution is 7.81. The zero-order chi connectivity index (χ0) is 27.5. The minimum absolute atomic E-state index is 0.0894. The van der Waals surface area contributed by atoms with Crippen LogP contribution in [0.1, 0.15) is 5.56 Å². The van der Waals surface area contributed by atoms with Crippen molar-refractivity contribution in [2.45, 2.75) is 49.1 Å². The van der Waals surface area contributed by atoms with E-state index in [4.69, 9.17) is 20.9 Å². The molecule has 0 aliphatic carbocycles. The van der Waals surface area contributed by atoms with Crippen molar-refractivity contribution in [1.82, 2.24) is 16.0 Å². The standard InChI is InChI=1S/C22H33N5O9S/c23-7-15(29)25-13(21(34)26-12(20(24)33)6-11-4-2-1-3-5-11)9-35-22-17(27-16(30)10-37)19(32)18(31)14(8-28)36-22/h1-5,12-14,17-19,22,28,31-32,37H,6-10,23H2,(H2,24,33)(H,25,29)(H,26,34)(H,27,30)/t12-,13-,14?,17-,18+,19?,22?/m0/s1. The van der Waals surface area contributed by atoms with E-state index >= 15 is 0 Å². The van der Waals surface area contributed by atoms with Gasteiger partial charge in [0.1, 0.15) is 36.4 Å². The van der Waals surface area contributed by atoms with Gasteiger partial charge in [0, 0.05) is 6.42 Å². The molecule has 1 saturated heterocycles. The smallest absolute Gasteiger partial charge is 0.245 e. The Morgan fingerprint density at radius 2 is 1.73 bits per heavy atom. The molecule has 7 atom stereocenters. The van der Waals surface area contributed by atoms with Gasteiger partial charge >= 0.3 is 0 Å². The summed E-state index contributed by atoms with van der Waals surface area (Å²) < 4.78 is 11.1. The van der Waals surface area contributed by atoms with Gasteiger partial charge in [0.25, 0.3) is 0 Å². The highest BCUT2D eigenvalue weighted by Gasteiger charge is 2.46. The number of hydrogen-bond acceptors (Lipinski definition) is 11. The number of rotatable bonds is 13. The maximum atomic E-state index is 13.0. The molecule has 1 aromatic carbocycles. The van der Waals surface area contributed by atoms with Gasteiger partial charge in [-0.2, -0.15) is 12.6 Å². The number of amides is 4. The van der Waals surface area contributed by atoms with Gasteiger partial charge in [-0.15, -0.1) is 0 Å². The number of thiol groups is 1. The third-order valence-corrected chi connectivity index (χ3v) is 5.85. The second kappa shape index (κ2) is 14.8. The molecule has 1 aliphatic rings. The summed E-state index contributed by atoms with van der Waals surface area (Å²) in [6.45, 7) is -1.70. The molecule has 206 valence electrons. The normalized spacial score (nSPS) is 24.9. The fourth-order valence-electron chi connectivity index (χ4n) is 3.58. The monoisotopic (exact) mass is 543 g/mol. The van der Waals surface area contributed by atoms with Crippen molar-refractivity contribution in [3.8, 4) is 0 Å². The highest BCUT2D eigenvalue weighted by Crippen LogP contribution is 2.22. The van der Waals surface area contributed by atoms with E-state index in [-0.39, 0.29) is 12.2 Å². The summed E-state index contributed by atoms with van der Waals surface area (Å²) in [5.41, 5.74) is 11.5. The third kappa shape index (κ3) is 8.92. The Hall–Kier alpha value is -2.79. The van der Waals surface area contributed by atoms with Gasteiger partial charge in [-0.3, -0.25) is 19.2 Å². The van der Waals surface area contributed by atoms with E-state index in [1.807, 2.05) is 0 Å². The van der Waals surface area contributed by atoms with E-state index < -0.39 is 86.1 Å². The summed E-state index contributed by atoms with van der Waals surface area (Å²) in [4.78, 5) is 48.8. The Balaban J connectivity index is 2.18. The lowest BCUT2D eigenvalue weighted by Crippen LogP contribution is -2.65. The molecule has 15 heteroatoms. The maximum Gasteiger partial charge on any atom is 0.245 e. The van der Waals surface area contributed by atoms with Crippen molar-refractivity contribution in [3.63, 3.8) is 0 Å². The Bertz CT molecular complexity index is 925. The first-order chi connectivity index (χ1) is 17.6. The molecular weight excluding hydrogens is 510 g/mol. The Morgan fingerprint density at radius 1 is 1.05 bits per heavy atom. The first-order valence-corrected chi connectivity index (χ1v) is 12.0. The van der Waals surface area contributed by atoms with Gasteiger partial charge in [0.15, 0.2) is 6.29 Å². The summed E-state index contributed by atoms with van der Waals surface area (Å²) in [6, 6.07) is 4.98. The maximum absolute atomic E-state index is 13.0. The minimum atomic E-state index is -1.60. The molecule has 1 aromatic rings. The lowest BCUT2D eigenvalue weighted by molar-refractivity contribution is -0.270. The summed E-state index contributed by atoms with van der Waals surface area (Å²) in [7, 11) is 0. The van der Waals surface area contributed by atoms with Crippen molar-refractivity contribution in [2.75, 3.05) is 25.5 Å². The van der Waals surface area contributed by atoms with E-state index in [1.54, 1.807) is 30.3 Å². The fraction of sp³-hybridized carbons (Fsp3) is 0.545.